The minimum absolute atomic E-state index is 0.155. The molecule has 7 heteroatoms. The first-order valence-electron chi connectivity index (χ1n) is 4.41. The number of urea groups is 1. The quantitative estimate of drug-likeness (QED) is 0.616. The molecule has 1 aromatic rings. The molecule has 0 atom stereocenters. The molecule has 1 heterocycles. The van der Waals surface area contributed by atoms with Gasteiger partial charge in [0.15, 0.2) is 0 Å². The largest absolute Gasteiger partial charge is 0.465 e. The Labute approximate surface area is 86.2 Å². The topological polar surface area (TPSA) is 96.1 Å². The highest BCUT2D eigenvalue weighted by Crippen LogP contribution is 1.99. The predicted molar refractivity (Wildman–Crippen MR) is 52.2 cm³/mol. The van der Waals surface area contributed by atoms with Crippen LogP contribution < -0.4 is 10.6 Å². The van der Waals surface area contributed by atoms with Crippen LogP contribution in [0.4, 0.5) is 10.5 Å². The Balaban J connectivity index is 2.22. The van der Waals surface area contributed by atoms with E-state index in [0.29, 0.717) is 12.3 Å². The molecule has 0 aromatic carbocycles. The van der Waals surface area contributed by atoms with E-state index in [-0.39, 0.29) is 6.54 Å². The second-order valence-corrected chi connectivity index (χ2v) is 2.60. The van der Waals surface area contributed by atoms with E-state index in [1.165, 1.54) is 12.4 Å². The number of esters is 1. The van der Waals surface area contributed by atoms with Crippen molar-refractivity contribution in [3.63, 3.8) is 0 Å². The summed E-state index contributed by atoms with van der Waals surface area (Å²) in [5, 5.41) is 11.0. The van der Waals surface area contributed by atoms with Crippen LogP contribution in [0.1, 0.15) is 6.92 Å². The number of carbonyl (C=O) groups is 2. The molecule has 2 amide bonds. The molecule has 3 N–H and O–H groups in total. The highest BCUT2D eigenvalue weighted by Gasteiger charge is 2.05. The molecule has 0 unspecified atom stereocenters. The first kappa shape index (κ1) is 11.0. The molecule has 1 rings (SSSR count). The molecule has 15 heavy (non-hydrogen) atoms. The van der Waals surface area contributed by atoms with Crippen molar-refractivity contribution in [1.82, 2.24) is 15.5 Å². The number of hydrogen-bond donors (Lipinski definition) is 3. The molecular formula is C8H12N4O3. The van der Waals surface area contributed by atoms with Gasteiger partial charge < -0.3 is 15.4 Å². The molecule has 1 aromatic heterocycles. The lowest BCUT2D eigenvalue weighted by Gasteiger charge is -2.04. The third kappa shape index (κ3) is 4.12. The average Bonchev–Trinajstić information content (AvgIpc) is 2.68. The standard InChI is InChI=1S/C8H12N4O3/c1-2-15-7(13)5-9-8(14)12-6-3-10-11-4-6/h3-4H,2,5H2,1H3,(H,10,11)(H2,9,12,14). The number of H-pyrrole nitrogens is 1. The highest BCUT2D eigenvalue weighted by atomic mass is 16.5. The van der Waals surface area contributed by atoms with E-state index in [4.69, 9.17) is 0 Å². The maximum Gasteiger partial charge on any atom is 0.325 e. The lowest BCUT2D eigenvalue weighted by atomic mass is 10.5. The molecule has 0 aliphatic heterocycles. The van der Waals surface area contributed by atoms with Gasteiger partial charge in [-0.05, 0) is 6.92 Å². The summed E-state index contributed by atoms with van der Waals surface area (Å²) in [5.41, 5.74) is 0.524. The Morgan fingerprint density at radius 2 is 2.40 bits per heavy atom. The maximum atomic E-state index is 11.1. The maximum absolute atomic E-state index is 11.1. The van der Waals surface area contributed by atoms with E-state index in [2.05, 4.69) is 25.6 Å². The lowest BCUT2D eigenvalue weighted by Crippen LogP contribution is -2.34. The molecule has 0 radical (unpaired) electrons. The van der Waals surface area contributed by atoms with Crippen LogP contribution in [0.3, 0.4) is 0 Å². The molecule has 0 saturated heterocycles. The summed E-state index contributed by atoms with van der Waals surface area (Å²) in [5.74, 6) is -0.472. The van der Waals surface area contributed by atoms with Crippen molar-refractivity contribution in [2.24, 2.45) is 0 Å². The first-order valence-corrected chi connectivity index (χ1v) is 4.41. The van der Waals surface area contributed by atoms with E-state index in [1.54, 1.807) is 6.92 Å². The number of hydrogen-bond acceptors (Lipinski definition) is 4. The van der Waals surface area contributed by atoms with E-state index < -0.39 is 12.0 Å². The Morgan fingerprint density at radius 1 is 1.60 bits per heavy atom. The number of anilines is 1. The van der Waals surface area contributed by atoms with Gasteiger partial charge in [0.2, 0.25) is 0 Å². The molecule has 0 aliphatic rings. The fourth-order valence-electron chi connectivity index (χ4n) is 0.859. The van der Waals surface area contributed by atoms with Crippen molar-refractivity contribution in [1.29, 1.82) is 0 Å². The van der Waals surface area contributed by atoms with Crippen molar-refractivity contribution in [2.45, 2.75) is 6.92 Å². The summed E-state index contributed by atoms with van der Waals surface area (Å²) < 4.78 is 4.63. The summed E-state index contributed by atoms with van der Waals surface area (Å²) in [6.07, 6.45) is 2.97. The Bertz CT molecular complexity index is 323. The van der Waals surface area contributed by atoms with Crippen molar-refractivity contribution >= 4 is 17.7 Å². The molecule has 0 fully saturated rings. The zero-order chi connectivity index (χ0) is 11.1. The van der Waals surface area contributed by atoms with Crippen LogP contribution >= 0.6 is 0 Å². The monoisotopic (exact) mass is 212 g/mol. The Morgan fingerprint density at radius 3 is 3.00 bits per heavy atom. The number of rotatable bonds is 4. The molecule has 0 spiro atoms. The molecular weight excluding hydrogens is 200 g/mol. The number of carbonyl (C=O) groups excluding carboxylic acids is 2. The summed E-state index contributed by atoms with van der Waals surface area (Å²) in [6, 6.07) is -0.482. The zero-order valence-electron chi connectivity index (χ0n) is 8.24. The van der Waals surface area contributed by atoms with Gasteiger partial charge >= 0.3 is 12.0 Å². The van der Waals surface area contributed by atoms with Gasteiger partial charge in [-0.2, -0.15) is 5.10 Å². The van der Waals surface area contributed by atoms with Gasteiger partial charge in [-0.25, -0.2) is 4.79 Å². The van der Waals surface area contributed by atoms with Crippen LogP contribution in [0.2, 0.25) is 0 Å². The van der Waals surface area contributed by atoms with E-state index in [1.807, 2.05) is 0 Å². The van der Waals surface area contributed by atoms with Crippen LogP contribution in [0, 0.1) is 0 Å². The first-order chi connectivity index (χ1) is 7.22. The Kier molecular flexibility index (Phi) is 4.14. The van der Waals surface area contributed by atoms with Crippen LogP contribution in [0.25, 0.3) is 0 Å². The van der Waals surface area contributed by atoms with Gasteiger partial charge in [-0.1, -0.05) is 0 Å². The summed E-state index contributed by atoms with van der Waals surface area (Å²) in [7, 11) is 0. The number of aromatic nitrogens is 2. The lowest BCUT2D eigenvalue weighted by molar-refractivity contribution is -0.141. The van der Waals surface area contributed by atoms with Gasteiger partial charge in [0.1, 0.15) is 6.54 Å². The molecule has 0 bridgehead atoms. The van der Waals surface area contributed by atoms with E-state index in [0.717, 1.165) is 0 Å². The summed E-state index contributed by atoms with van der Waals surface area (Å²) in [6.45, 7) is 1.84. The van der Waals surface area contributed by atoms with Crippen molar-refractivity contribution < 1.29 is 14.3 Å². The van der Waals surface area contributed by atoms with Gasteiger partial charge in [-0.15, -0.1) is 0 Å². The number of nitrogens with zero attached hydrogens (tertiary/aromatic N) is 1. The molecule has 7 nitrogen and oxygen atoms in total. The minimum Gasteiger partial charge on any atom is -0.465 e. The molecule has 82 valence electrons. The smallest absolute Gasteiger partial charge is 0.325 e. The predicted octanol–water partition coefficient (Wildman–Crippen LogP) is 0.0943. The van der Waals surface area contributed by atoms with Crippen molar-refractivity contribution in [3.05, 3.63) is 12.4 Å². The third-order valence-electron chi connectivity index (χ3n) is 1.45. The summed E-state index contributed by atoms with van der Waals surface area (Å²) in [4.78, 5) is 22.0. The number of amides is 2. The normalized spacial score (nSPS) is 9.40. The van der Waals surface area contributed by atoms with Gasteiger partial charge in [-0.3, -0.25) is 9.89 Å². The van der Waals surface area contributed by atoms with Crippen LogP contribution in [0.15, 0.2) is 12.4 Å². The Hall–Kier alpha value is -2.05. The highest BCUT2D eigenvalue weighted by molar-refractivity contribution is 5.91. The fraction of sp³-hybridized carbons (Fsp3) is 0.375. The van der Waals surface area contributed by atoms with Crippen LogP contribution in [0.5, 0.6) is 0 Å². The average molecular weight is 212 g/mol. The second kappa shape index (κ2) is 5.63. The number of aromatic amines is 1. The van der Waals surface area contributed by atoms with E-state index in [9.17, 15) is 9.59 Å². The SMILES string of the molecule is CCOC(=O)CNC(=O)Nc1cn[nH]c1. The van der Waals surface area contributed by atoms with Crippen molar-refractivity contribution in [3.8, 4) is 0 Å². The van der Waals surface area contributed by atoms with Gasteiger partial charge in [0.25, 0.3) is 0 Å². The number of nitrogens with one attached hydrogen (secondary N) is 3. The van der Waals surface area contributed by atoms with Gasteiger partial charge in [0, 0.05) is 6.20 Å². The van der Waals surface area contributed by atoms with E-state index >= 15 is 0 Å². The molecule has 0 saturated carbocycles. The fourth-order valence-corrected chi connectivity index (χ4v) is 0.859. The van der Waals surface area contributed by atoms with Gasteiger partial charge in [0.05, 0.1) is 18.5 Å². The zero-order valence-corrected chi connectivity index (χ0v) is 8.24. The third-order valence-corrected chi connectivity index (χ3v) is 1.45. The minimum atomic E-state index is -0.482. The van der Waals surface area contributed by atoms with Crippen LogP contribution in [-0.2, 0) is 9.53 Å². The molecule has 0 aliphatic carbocycles. The van der Waals surface area contributed by atoms with Crippen molar-refractivity contribution in [2.75, 3.05) is 18.5 Å². The summed E-state index contributed by atoms with van der Waals surface area (Å²) >= 11 is 0. The number of ether oxygens (including phenoxy) is 1. The second-order valence-electron chi connectivity index (χ2n) is 2.60. The van der Waals surface area contributed by atoms with Crippen LogP contribution in [-0.4, -0.2) is 35.3 Å².